The summed E-state index contributed by atoms with van der Waals surface area (Å²) in [6, 6.07) is 7.00. The zero-order chi connectivity index (χ0) is 10.9. The maximum absolute atomic E-state index is 10.3. The average Bonchev–Trinajstić information content (AvgIpc) is 2.47. The molecule has 1 heterocycles. The van der Waals surface area contributed by atoms with Crippen LogP contribution in [0.1, 0.15) is 18.9 Å². The number of ether oxygens (including phenoxy) is 1. The van der Waals surface area contributed by atoms with Gasteiger partial charge in [0.15, 0.2) is 0 Å². The molecule has 1 aromatic rings. The molecule has 2 unspecified atom stereocenters. The van der Waals surface area contributed by atoms with Crippen LogP contribution in [0.4, 0.5) is 0 Å². The molecule has 1 aromatic carbocycles. The van der Waals surface area contributed by atoms with E-state index in [2.05, 4.69) is 0 Å². The molecule has 0 saturated carbocycles. The number of phenols is 1. The Balaban J connectivity index is 2.14. The van der Waals surface area contributed by atoms with Crippen molar-refractivity contribution in [2.24, 2.45) is 0 Å². The number of benzene rings is 1. The quantitative estimate of drug-likeness (QED) is 0.774. The summed E-state index contributed by atoms with van der Waals surface area (Å²) in [4.78, 5) is 0. The van der Waals surface area contributed by atoms with Crippen molar-refractivity contribution in [2.45, 2.75) is 31.5 Å². The third-order valence-corrected chi connectivity index (χ3v) is 3.08. The summed E-state index contributed by atoms with van der Waals surface area (Å²) < 4.78 is 5.36. The number of hydrogen-bond acceptors (Lipinski definition) is 3. The van der Waals surface area contributed by atoms with E-state index in [1.807, 2.05) is 13.0 Å². The van der Waals surface area contributed by atoms with E-state index in [1.165, 1.54) is 0 Å². The molecular weight excluding hydrogens is 192 g/mol. The van der Waals surface area contributed by atoms with Crippen molar-refractivity contribution in [1.29, 1.82) is 0 Å². The maximum Gasteiger partial charge on any atom is 0.115 e. The SMILES string of the molecule is CC1OCCC1(O)Cc1cccc(O)c1. The van der Waals surface area contributed by atoms with Gasteiger partial charge in [0.25, 0.3) is 0 Å². The van der Waals surface area contributed by atoms with Gasteiger partial charge in [-0.05, 0) is 24.6 Å². The Morgan fingerprint density at radius 2 is 2.33 bits per heavy atom. The zero-order valence-corrected chi connectivity index (χ0v) is 8.81. The van der Waals surface area contributed by atoms with Gasteiger partial charge in [-0.15, -0.1) is 0 Å². The Labute approximate surface area is 89.3 Å². The van der Waals surface area contributed by atoms with Gasteiger partial charge in [0.05, 0.1) is 11.7 Å². The van der Waals surface area contributed by atoms with Crippen molar-refractivity contribution in [2.75, 3.05) is 6.61 Å². The minimum absolute atomic E-state index is 0.139. The lowest BCUT2D eigenvalue weighted by Gasteiger charge is -2.26. The van der Waals surface area contributed by atoms with Gasteiger partial charge in [-0.2, -0.15) is 0 Å². The summed E-state index contributed by atoms with van der Waals surface area (Å²) in [5.41, 5.74) is 0.156. The number of rotatable bonds is 2. The molecule has 0 bridgehead atoms. The summed E-state index contributed by atoms with van der Waals surface area (Å²) in [6.07, 6.45) is 1.05. The van der Waals surface area contributed by atoms with E-state index in [1.54, 1.807) is 18.2 Å². The van der Waals surface area contributed by atoms with Crippen molar-refractivity contribution >= 4 is 0 Å². The fraction of sp³-hybridized carbons (Fsp3) is 0.500. The van der Waals surface area contributed by atoms with Gasteiger partial charge >= 0.3 is 0 Å². The highest BCUT2D eigenvalue weighted by atomic mass is 16.5. The molecule has 2 atom stereocenters. The molecule has 3 heteroatoms. The molecule has 1 fully saturated rings. The first-order valence-electron chi connectivity index (χ1n) is 5.22. The van der Waals surface area contributed by atoms with E-state index in [9.17, 15) is 10.2 Å². The lowest BCUT2D eigenvalue weighted by atomic mass is 9.89. The van der Waals surface area contributed by atoms with E-state index in [0.717, 1.165) is 5.56 Å². The topological polar surface area (TPSA) is 49.7 Å². The smallest absolute Gasteiger partial charge is 0.115 e. The Bertz CT molecular complexity index is 350. The molecule has 0 aromatic heterocycles. The van der Waals surface area contributed by atoms with Crippen LogP contribution in [0.2, 0.25) is 0 Å². The van der Waals surface area contributed by atoms with Gasteiger partial charge in [-0.3, -0.25) is 0 Å². The highest BCUT2D eigenvalue weighted by Crippen LogP contribution is 2.30. The lowest BCUT2D eigenvalue weighted by molar-refractivity contribution is -0.0268. The van der Waals surface area contributed by atoms with Crippen LogP contribution < -0.4 is 0 Å². The van der Waals surface area contributed by atoms with E-state index < -0.39 is 5.60 Å². The molecule has 82 valence electrons. The predicted molar refractivity (Wildman–Crippen MR) is 56.8 cm³/mol. The highest BCUT2D eigenvalue weighted by Gasteiger charge is 2.39. The minimum atomic E-state index is -0.784. The monoisotopic (exact) mass is 208 g/mol. The van der Waals surface area contributed by atoms with Gasteiger partial charge in [-0.1, -0.05) is 12.1 Å². The normalized spacial score (nSPS) is 30.7. The number of aromatic hydroxyl groups is 1. The Hall–Kier alpha value is -1.06. The third kappa shape index (κ3) is 2.13. The lowest BCUT2D eigenvalue weighted by Crippen LogP contribution is -2.38. The fourth-order valence-corrected chi connectivity index (χ4v) is 2.02. The van der Waals surface area contributed by atoms with Crippen LogP contribution in [0, 0.1) is 0 Å². The van der Waals surface area contributed by atoms with E-state index >= 15 is 0 Å². The van der Waals surface area contributed by atoms with Gasteiger partial charge in [0.1, 0.15) is 5.75 Å². The molecule has 0 amide bonds. The van der Waals surface area contributed by atoms with Crippen molar-refractivity contribution < 1.29 is 14.9 Å². The first kappa shape index (κ1) is 10.5. The molecule has 15 heavy (non-hydrogen) atoms. The second kappa shape index (κ2) is 3.83. The summed E-state index contributed by atoms with van der Waals surface area (Å²) >= 11 is 0. The summed E-state index contributed by atoms with van der Waals surface area (Å²) in [6.45, 7) is 2.49. The molecule has 3 nitrogen and oxygen atoms in total. The van der Waals surface area contributed by atoms with Crippen LogP contribution >= 0.6 is 0 Å². The Kier molecular flexibility index (Phi) is 2.67. The molecule has 0 radical (unpaired) electrons. The number of aliphatic hydroxyl groups is 1. The third-order valence-electron chi connectivity index (χ3n) is 3.08. The zero-order valence-electron chi connectivity index (χ0n) is 8.81. The van der Waals surface area contributed by atoms with Crippen molar-refractivity contribution in [1.82, 2.24) is 0 Å². The summed E-state index contributed by atoms with van der Waals surface area (Å²) in [5.74, 6) is 0.239. The molecular formula is C12H16O3. The van der Waals surface area contributed by atoms with Crippen LogP contribution in [-0.4, -0.2) is 28.5 Å². The van der Waals surface area contributed by atoms with Crippen LogP contribution in [-0.2, 0) is 11.2 Å². The number of hydrogen-bond donors (Lipinski definition) is 2. The van der Waals surface area contributed by atoms with Crippen LogP contribution in [0.15, 0.2) is 24.3 Å². The summed E-state index contributed by atoms with van der Waals surface area (Å²) in [5, 5.41) is 19.6. The van der Waals surface area contributed by atoms with Gasteiger partial charge in [-0.25, -0.2) is 0 Å². The minimum Gasteiger partial charge on any atom is -0.508 e. The molecule has 1 aliphatic heterocycles. The standard InChI is InChI=1S/C12H16O3/c1-9-12(14,5-6-15-9)8-10-3-2-4-11(13)7-10/h2-4,7,9,13-14H,5-6,8H2,1H3. The van der Waals surface area contributed by atoms with Gasteiger partial charge in [0, 0.05) is 19.4 Å². The van der Waals surface area contributed by atoms with E-state index in [4.69, 9.17) is 4.74 Å². The van der Waals surface area contributed by atoms with E-state index in [-0.39, 0.29) is 11.9 Å². The van der Waals surface area contributed by atoms with Crippen LogP contribution in [0.3, 0.4) is 0 Å². The van der Waals surface area contributed by atoms with Gasteiger partial charge in [0.2, 0.25) is 0 Å². The molecule has 2 rings (SSSR count). The largest absolute Gasteiger partial charge is 0.508 e. The first-order chi connectivity index (χ1) is 7.10. The first-order valence-corrected chi connectivity index (χ1v) is 5.22. The molecule has 0 aliphatic carbocycles. The van der Waals surface area contributed by atoms with Crippen molar-refractivity contribution in [3.05, 3.63) is 29.8 Å². The van der Waals surface area contributed by atoms with Crippen molar-refractivity contribution in [3.63, 3.8) is 0 Å². The molecule has 0 spiro atoms. The average molecular weight is 208 g/mol. The second-order valence-corrected chi connectivity index (χ2v) is 4.21. The summed E-state index contributed by atoms with van der Waals surface area (Å²) in [7, 11) is 0. The molecule has 2 N–H and O–H groups in total. The molecule has 1 aliphatic rings. The van der Waals surface area contributed by atoms with E-state index in [0.29, 0.717) is 19.4 Å². The predicted octanol–water partition coefficient (Wildman–Crippen LogP) is 1.47. The Morgan fingerprint density at radius 1 is 1.53 bits per heavy atom. The fourth-order valence-electron chi connectivity index (χ4n) is 2.02. The van der Waals surface area contributed by atoms with Crippen molar-refractivity contribution in [3.8, 4) is 5.75 Å². The Morgan fingerprint density at radius 3 is 2.93 bits per heavy atom. The van der Waals surface area contributed by atoms with Gasteiger partial charge < -0.3 is 14.9 Å². The second-order valence-electron chi connectivity index (χ2n) is 4.21. The highest BCUT2D eigenvalue weighted by molar-refractivity contribution is 5.28. The van der Waals surface area contributed by atoms with Crippen LogP contribution in [0.25, 0.3) is 0 Å². The number of phenolic OH excluding ortho intramolecular Hbond substituents is 1. The van der Waals surface area contributed by atoms with Crippen LogP contribution in [0.5, 0.6) is 5.75 Å². The maximum atomic E-state index is 10.3. The molecule has 1 saturated heterocycles.